The lowest BCUT2D eigenvalue weighted by molar-refractivity contribution is -0.0551. The van der Waals surface area contributed by atoms with Gasteiger partial charge in [-0.25, -0.2) is 0 Å². The number of hydrogen-bond donors (Lipinski definition) is 1. The molecular weight excluding hydrogens is 226 g/mol. The maximum atomic E-state index is 6.08. The molecule has 1 aromatic rings. The van der Waals surface area contributed by atoms with E-state index in [4.69, 9.17) is 9.47 Å². The standard InChI is InChI=1S/C15H21NO2/c1-10(2)7-11-8-18-15-12-5-3-4-6-14(12)17-9-13(15)16-11/h3-6,10-11,13,15-16H,7-9H2,1-2H3. The minimum Gasteiger partial charge on any atom is -0.491 e. The van der Waals surface area contributed by atoms with Crippen LogP contribution in [0.2, 0.25) is 0 Å². The lowest BCUT2D eigenvalue weighted by Crippen LogP contribution is -2.54. The van der Waals surface area contributed by atoms with E-state index >= 15 is 0 Å². The Hall–Kier alpha value is -1.06. The molecule has 2 aliphatic rings. The Labute approximate surface area is 108 Å². The molecule has 98 valence electrons. The van der Waals surface area contributed by atoms with Crippen LogP contribution in [-0.2, 0) is 4.74 Å². The van der Waals surface area contributed by atoms with Gasteiger partial charge in [-0.2, -0.15) is 0 Å². The molecule has 1 aromatic carbocycles. The van der Waals surface area contributed by atoms with E-state index in [1.54, 1.807) is 0 Å². The Morgan fingerprint density at radius 2 is 2.11 bits per heavy atom. The summed E-state index contributed by atoms with van der Waals surface area (Å²) in [5.74, 6) is 1.67. The molecule has 3 rings (SSSR count). The summed E-state index contributed by atoms with van der Waals surface area (Å²) in [5.41, 5.74) is 1.18. The second-order valence-corrected chi connectivity index (χ2v) is 5.70. The highest BCUT2D eigenvalue weighted by molar-refractivity contribution is 5.38. The SMILES string of the molecule is CC(C)CC1COC2c3ccccc3OCC2N1. The quantitative estimate of drug-likeness (QED) is 0.871. The third-order valence-electron chi connectivity index (χ3n) is 3.69. The van der Waals surface area contributed by atoms with Crippen LogP contribution < -0.4 is 10.1 Å². The van der Waals surface area contributed by atoms with Gasteiger partial charge in [0.05, 0.1) is 12.6 Å². The molecule has 3 heteroatoms. The average Bonchev–Trinajstić information content (AvgIpc) is 2.37. The van der Waals surface area contributed by atoms with Crippen molar-refractivity contribution >= 4 is 0 Å². The zero-order chi connectivity index (χ0) is 12.5. The molecule has 18 heavy (non-hydrogen) atoms. The van der Waals surface area contributed by atoms with E-state index in [1.807, 2.05) is 18.2 Å². The van der Waals surface area contributed by atoms with Gasteiger partial charge in [-0.3, -0.25) is 0 Å². The summed E-state index contributed by atoms with van der Waals surface area (Å²) in [5, 5.41) is 3.68. The zero-order valence-electron chi connectivity index (χ0n) is 11.1. The molecule has 1 saturated heterocycles. The molecule has 0 aromatic heterocycles. The second-order valence-electron chi connectivity index (χ2n) is 5.70. The normalized spacial score (nSPS) is 30.5. The Morgan fingerprint density at radius 3 is 2.94 bits per heavy atom. The minimum absolute atomic E-state index is 0.151. The first-order valence-electron chi connectivity index (χ1n) is 6.83. The summed E-state index contributed by atoms with van der Waals surface area (Å²) in [6.07, 6.45) is 1.31. The third kappa shape index (κ3) is 2.25. The van der Waals surface area contributed by atoms with Gasteiger partial charge in [0.1, 0.15) is 18.5 Å². The molecule has 0 saturated carbocycles. The highest BCUT2D eigenvalue weighted by atomic mass is 16.5. The van der Waals surface area contributed by atoms with Gasteiger partial charge in [-0.15, -0.1) is 0 Å². The van der Waals surface area contributed by atoms with E-state index in [0.29, 0.717) is 18.6 Å². The largest absolute Gasteiger partial charge is 0.491 e. The number of nitrogens with one attached hydrogen (secondary N) is 1. The van der Waals surface area contributed by atoms with Gasteiger partial charge in [-0.05, 0) is 18.4 Å². The first-order chi connectivity index (χ1) is 8.74. The van der Waals surface area contributed by atoms with Crippen LogP contribution in [0.5, 0.6) is 5.75 Å². The molecule has 3 nitrogen and oxygen atoms in total. The van der Waals surface area contributed by atoms with Crippen LogP contribution in [-0.4, -0.2) is 25.3 Å². The fourth-order valence-corrected chi connectivity index (χ4v) is 2.95. The monoisotopic (exact) mass is 247 g/mol. The van der Waals surface area contributed by atoms with Crippen LogP contribution in [0.25, 0.3) is 0 Å². The number of fused-ring (bicyclic) bond motifs is 3. The number of hydrogen-bond acceptors (Lipinski definition) is 3. The number of benzene rings is 1. The van der Waals surface area contributed by atoms with Crippen LogP contribution in [0.4, 0.5) is 0 Å². The number of para-hydroxylation sites is 1. The maximum absolute atomic E-state index is 6.08. The number of rotatable bonds is 2. The minimum atomic E-state index is 0.151. The molecule has 2 heterocycles. The van der Waals surface area contributed by atoms with Crippen LogP contribution in [0.3, 0.4) is 0 Å². The molecule has 3 atom stereocenters. The molecule has 0 amide bonds. The van der Waals surface area contributed by atoms with Crippen molar-refractivity contribution in [2.45, 2.75) is 38.5 Å². The van der Waals surface area contributed by atoms with Gasteiger partial charge in [0.15, 0.2) is 0 Å². The molecule has 2 aliphatic heterocycles. The summed E-state index contributed by atoms with van der Waals surface area (Å²) in [7, 11) is 0. The number of morpholine rings is 1. The molecule has 0 aliphatic carbocycles. The Kier molecular flexibility index (Phi) is 3.27. The molecule has 1 N–H and O–H groups in total. The van der Waals surface area contributed by atoms with Crippen LogP contribution in [0.1, 0.15) is 31.9 Å². The first kappa shape index (κ1) is 12.0. The molecular formula is C15H21NO2. The van der Waals surface area contributed by atoms with Gasteiger partial charge >= 0.3 is 0 Å². The summed E-state index contributed by atoms with van der Waals surface area (Å²) in [4.78, 5) is 0. The third-order valence-corrected chi connectivity index (χ3v) is 3.69. The summed E-state index contributed by atoms with van der Waals surface area (Å²) in [6, 6.07) is 8.94. The highest BCUT2D eigenvalue weighted by Gasteiger charge is 2.36. The van der Waals surface area contributed by atoms with E-state index in [9.17, 15) is 0 Å². The van der Waals surface area contributed by atoms with E-state index in [2.05, 4.69) is 25.2 Å². The van der Waals surface area contributed by atoms with Crippen LogP contribution in [0.15, 0.2) is 24.3 Å². The van der Waals surface area contributed by atoms with E-state index in [-0.39, 0.29) is 12.1 Å². The van der Waals surface area contributed by atoms with E-state index < -0.39 is 0 Å². The fraction of sp³-hybridized carbons (Fsp3) is 0.600. The second kappa shape index (κ2) is 4.90. The molecule has 3 unspecified atom stereocenters. The van der Waals surface area contributed by atoms with Crippen molar-refractivity contribution in [2.75, 3.05) is 13.2 Å². The van der Waals surface area contributed by atoms with Gasteiger partial charge in [0, 0.05) is 11.6 Å². The molecule has 0 bridgehead atoms. The smallest absolute Gasteiger partial charge is 0.125 e. The maximum Gasteiger partial charge on any atom is 0.125 e. The zero-order valence-corrected chi connectivity index (χ0v) is 11.1. The summed E-state index contributed by atoms with van der Waals surface area (Å²) in [6.45, 7) is 6.00. The Bertz CT molecular complexity index is 419. The summed E-state index contributed by atoms with van der Waals surface area (Å²) < 4.78 is 11.9. The van der Waals surface area contributed by atoms with Gasteiger partial charge in [-0.1, -0.05) is 32.0 Å². The van der Waals surface area contributed by atoms with Crippen LogP contribution in [0, 0.1) is 5.92 Å². The van der Waals surface area contributed by atoms with Gasteiger partial charge in [0.2, 0.25) is 0 Å². The van der Waals surface area contributed by atoms with Crippen molar-refractivity contribution in [1.29, 1.82) is 0 Å². The molecule has 1 fully saturated rings. The lowest BCUT2D eigenvalue weighted by Gasteiger charge is -2.41. The van der Waals surface area contributed by atoms with Gasteiger partial charge in [0.25, 0.3) is 0 Å². The highest BCUT2D eigenvalue weighted by Crippen LogP contribution is 2.36. The first-order valence-corrected chi connectivity index (χ1v) is 6.83. The topological polar surface area (TPSA) is 30.5 Å². The van der Waals surface area contributed by atoms with E-state index in [0.717, 1.165) is 18.8 Å². The van der Waals surface area contributed by atoms with Crippen molar-refractivity contribution in [1.82, 2.24) is 5.32 Å². The number of ether oxygens (including phenoxy) is 2. The van der Waals surface area contributed by atoms with Crippen molar-refractivity contribution < 1.29 is 9.47 Å². The van der Waals surface area contributed by atoms with Crippen molar-refractivity contribution in [2.24, 2.45) is 5.92 Å². The average molecular weight is 247 g/mol. The molecule has 0 radical (unpaired) electrons. The summed E-state index contributed by atoms with van der Waals surface area (Å²) >= 11 is 0. The lowest BCUT2D eigenvalue weighted by atomic mass is 9.94. The van der Waals surface area contributed by atoms with Gasteiger partial charge < -0.3 is 14.8 Å². The van der Waals surface area contributed by atoms with Crippen molar-refractivity contribution in [3.05, 3.63) is 29.8 Å². The Balaban J connectivity index is 1.74. The van der Waals surface area contributed by atoms with Crippen LogP contribution >= 0.6 is 0 Å². The predicted octanol–water partition coefficient (Wildman–Crippen LogP) is 2.52. The predicted molar refractivity (Wildman–Crippen MR) is 70.8 cm³/mol. The Morgan fingerprint density at radius 1 is 1.28 bits per heavy atom. The van der Waals surface area contributed by atoms with Crippen molar-refractivity contribution in [3.63, 3.8) is 0 Å². The van der Waals surface area contributed by atoms with E-state index in [1.165, 1.54) is 5.56 Å². The fourth-order valence-electron chi connectivity index (χ4n) is 2.95. The van der Waals surface area contributed by atoms with Crippen molar-refractivity contribution in [3.8, 4) is 5.75 Å². The molecule has 0 spiro atoms.